The molecule has 1 heterocycles. The first-order valence-electron chi connectivity index (χ1n) is 9.11. The van der Waals surface area contributed by atoms with Gasteiger partial charge in [-0.3, -0.25) is 25.0 Å². The van der Waals surface area contributed by atoms with E-state index in [4.69, 9.17) is 9.47 Å². The predicted octanol–water partition coefficient (Wildman–Crippen LogP) is 4.34. The Bertz CT molecular complexity index is 1330. The van der Waals surface area contributed by atoms with Gasteiger partial charge in [0.25, 0.3) is 11.4 Å². The van der Waals surface area contributed by atoms with Gasteiger partial charge in [-0.1, -0.05) is 18.2 Å². The average molecular weight is 432 g/mol. The molecule has 0 spiro atoms. The zero-order valence-electron chi connectivity index (χ0n) is 16.1. The molecule has 0 saturated heterocycles. The lowest BCUT2D eigenvalue weighted by atomic mass is 10.1. The molecule has 0 aliphatic carbocycles. The molecule has 0 saturated carbocycles. The number of carbonyl (C=O) groups excluding carboxylic acids is 2. The number of nitro benzene ring substituents is 2. The molecule has 1 aliphatic heterocycles. The van der Waals surface area contributed by atoms with Crippen LogP contribution < -0.4 is 9.47 Å². The highest BCUT2D eigenvalue weighted by molar-refractivity contribution is 6.14. The first-order valence-corrected chi connectivity index (χ1v) is 9.11. The molecule has 32 heavy (non-hydrogen) atoms. The van der Waals surface area contributed by atoms with E-state index in [0.717, 1.165) is 6.07 Å². The zero-order chi connectivity index (χ0) is 22.8. The number of hydrogen-bond donors (Lipinski definition) is 0. The van der Waals surface area contributed by atoms with Gasteiger partial charge in [-0.15, -0.1) is 0 Å². The average Bonchev–Trinajstić information content (AvgIpc) is 3.08. The standard InChI is InChI=1S/C22H12N2O8/c25-21-18-8-7-17(31-22(26)14-4-2-6-16(11-14)24(29)30)12-19(18)32-20(21)10-13-3-1-5-15(9-13)23(27)28/h1-12H. The molecule has 0 N–H and O–H groups in total. The van der Waals surface area contributed by atoms with Crippen molar-refractivity contribution in [1.82, 2.24) is 0 Å². The van der Waals surface area contributed by atoms with Crippen molar-refractivity contribution in [3.8, 4) is 11.5 Å². The van der Waals surface area contributed by atoms with Gasteiger partial charge in [0.2, 0.25) is 5.78 Å². The van der Waals surface area contributed by atoms with E-state index < -0.39 is 21.6 Å². The van der Waals surface area contributed by atoms with E-state index in [9.17, 15) is 29.8 Å². The van der Waals surface area contributed by atoms with Gasteiger partial charge in [-0.2, -0.15) is 0 Å². The lowest BCUT2D eigenvalue weighted by Gasteiger charge is -2.05. The van der Waals surface area contributed by atoms with Crippen LogP contribution in [0.3, 0.4) is 0 Å². The number of nitrogens with zero attached hydrogens (tertiary/aromatic N) is 2. The van der Waals surface area contributed by atoms with Gasteiger partial charge in [0.1, 0.15) is 11.5 Å². The highest BCUT2D eigenvalue weighted by Crippen LogP contribution is 2.35. The molecule has 10 heteroatoms. The molecule has 0 aromatic heterocycles. The van der Waals surface area contributed by atoms with Crippen LogP contribution in [-0.4, -0.2) is 21.6 Å². The van der Waals surface area contributed by atoms with Crippen LogP contribution in [0.25, 0.3) is 6.08 Å². The molecule has 3 aromatic carbocycles. The summed E-state index contributed by atoms with van der Waals surface area (Å²) < 4.78 is 10.8. The van der Waals surface area contributed by atoms with Gasteiger partial charge in [-0.05, 0) is 29.8 Å². The van der Waals surface area contributed by atoms with Crippen LogP contribution in [0.5, 0.6) is 11.5 Å². The first-order chi connectivity index (χ1) is 15.3. The fraction of sp³-hybridized carbons (Fsp3) is 0. The number of ketones is 1. The molecule has 10 nitrogen and oxygen atoms in total. The van der Waals surface area contributed by atoms with E-state index in [1.807, 2.05) is 0 Å². The quantitative estimate of drug-likeness (QED) is 0.191. The van der Waals surface area contributed by atoms with Gasteiger partial charge in [0, 0.05) is 30.3 Å². The number of nitro groups is 2. The van der Waals surface area contributed by atoms with E-state index in [1.165, 1.54) is 60.7 Å². The maximum Gasteiger partial charge on any atom is 0.343 e. The molecule has 158 valence electrons. The van der Waals surface area contributed by atoms with Crippen LogP contribution in [0, 0.1) is 20.2 Å². The first kappa shape index (κ1) is 20.4. The molecule has 0 radical (unpaired) electrons. The number of carbonyl (C=O) groups is 2. The van der Waals surface area contributed by atoms with Crippen LogP contribution in [0.1, 0.15) is 26.3 Å². The van der Waals surface area contributed by atoms with Crippen molar-refractivity contribution in [2.75, 3.05) is 0 Å². The van der Waals surface area contributed by atoms with Crippen molar-refractivity contribution >= 4 is 29.2 Å². The number of Topliss-reactive ketones (excluding diaryl/α,β-unsaturated/α-hetero) is 1. The minimum atomic E-state index is -0.815. The van der Waals surface area contributed by atoms with E-state index in [1.54, 1.807) is 6.07 Å². The molecular weight excluding hydrogens is 420 g/mol. The van der Waals surface area contributed by atoms with Crippen molar-refractivity contribution in [3.63, 3.8) is 0 Å². The second-order valence-corrected chi connectivity index (χ2v) is 6.65. The number of hydrogen-bond acceptors (Lipinski definition) is 8. The highest BCUT2D eigenvalue weighted by Gasteiger charge is 2.28. The van der Waals surface area contributed by atoms with Crippen LogP contribution in [0.15, 0.2) is 72.5 Å². The Labute approximate surface area is 179 Å². The summed E-state index contributed by atoms with van der Waals surface area (Å²) in [6.45, 7) is 0. The van der Waals surface area contributed by atoms with Gasteiger partial charge >= 0.3 is 5.97 Å². The van der Waals surface area contributed by atoms with Crippen molar-refractivity contribution < 1.29 is 28.9 Å². The Kier molecular flexibility index (Phi) is 5.17. The molecule has 0 unspecified atom stereocenters. The molecule has 3 aromatic rings. The molecule has 1 aliphatic rings. The van der Waals surface area contributed by atoms with Crippen LogP contribution >= 0.6 is 0 Å². The Balaban J connectivity index is 1.55. The van der Waals surface area contributed by atoms with Gasteiger partial charge < -0.3 is 9.47 Å². The summed E-state index contributed by atoms with van der Waals surface area (Å²) in [5.41, 5.74) is 0.253. The number of non-ortho nitro benzene ring substituents is 2. The van der Waals surface area contributed by atoms with Crippen LogP contribution in [-0.2, 0) is 0 Å². The van der Waals surface area contributed by atoms with Crippen molar-refractivity contribution in [1.29, 1.82) is 0 Å². The second kappa shape index (κ2) is 8.11. The number of esters is 1. The SMILES string of the molecule is O=C(Oc1ccc2c(c1)OC(=Cc1cccc([N+](=O)[O-])c1)C2=O)c1cccc([N+](=O)[O-])c1. The number of allylic oxidation sites excluding steroid dienone is 1. The fourth-order valence-electron chi connectivity index (χ4n) is 3.02. The third-order valence-electron chi connectivity index (χ3n) is 4.52. The Morgan fingerprint density at radius 3 is 2.31 bits per heavy atom. The van der Waals surface area contributed by atoms with Crippen molar-refractivity contribution in [2.24, 2.45) is 0 Å². The molecule has 0 amide bonds. The maximum atomic E-state index is 12.6. The number of benzene rings is 3. The third-order valence-corrected chi connectivity index (χ3v) is 4.52. The predicted molar refractivity (Wildman–Crippen MR) is 111 cm³/mol. The van der Waals surface area contributed by atoms with E-state index in [-0.39, 0.29) is 39.8 Å². The van der Waals surface area contributed by atoms with E-state index in [2.05, 4.69) is 0 Å². The van der Waals surface area contributed by atoms with Gasteiger partial charge in [0.15, 0.2) is 5.76 Å². The Morgan fingerprint density at radius 1 is 0.906 bits per heavy atom. The van der Waals surface area contributed by atoms with Crippen LogP contribution in [0.2, 0.25) is 0 Å². The third kappa shape index (κ3) is 4.05. The summed E-state index contributed by atoms with van der Waals surface area (Å²) in [6, 6.07) is 15.0. The highest BCUT2D eigenvalue weighted by atomic mass is 16.6. The summed E-state index contributed by atoms with van der Waals surface area (Å²) in [5, 5.41) is 21.8. The maximum absolute atomic E-state index is 12.6. The number of rotatable bonds is 5. The van der Waals surface area contributed by atoms with Gasteiger partial charge in [0.05, 0.1) is 21.0 Å². The topological polar surface area (TPSA) is 139 Å². The molecule has 0 fully saturated rings. The Hall–Kier alpha value is -4.86. The van der Waals surface area contributed by atoms with Crippen molar-refractivity contribution in [2.45, 2.75) is 0 Å². The summed E-state index contributed by atoms with van der Waals surface area (Å²) in [4.78, 5) is 45.5. The summed E-state index contributed by atoms with van der Waals surface area (Å²) in [7, 11) is 0. The van der Waals surface area contributed by atoms with Crippen LogP contribution in [0.4, 0.5) is 11.4 Å². The number of ether oxygens (including phenoxy) is 2. The zero-order valence-corrected chi connectivity index (χ0v) is 16.1. The normalized spacial score (nSPS) is 13.4. The van der Waals surface area contributed by atoms with E-state index in [0.29, 0.717) is 5.56 Å². The Morgan fingerprint density at radius 2 is 1.59 bits per heavy atom. The summed E-state index contributed by atoms with van der Waals surface area (Å²) >= 11 is 0. The smallest absolute Gasteiger partial charge is 0.343 e. The minimum Gasteiger partial charge on any atom is -0.452 e. The summed E-state index contributed by atoms with van der Waals surface area (Å²) in [6.07, 6.45) is 1.38. The molecular formula is C22H12N2O8. The summed E-state index contributed by atoms with van der Waals surface area (Å²) in [5.74, 6) is -1.06. The van der Waals surface area contributed by atoms with Gasteiger partial charge in [-0.25, -0.2) is 4.79 Å². The molecule has 4 rings (SSSR count). The largest absolute Gasteiger partial charge is 0.452 e. The number of fused-ring (bicyclic) bond motifs is 1. The van der Waals surface area contributed by atoms with E-state index >= 15 is 0 Å². The second-order valence-electron chi connectivity index (χ2n) is 6.65. The molecule has 0 atom stereocenters. The minimum absolute atomic E-state index is 0.0112. The van der Waals surface area contributed by atoms with Crippen molar-refractivity contribution in [3.05, 3.63) is 109 Å². The monoisotopic (exact) mass is 432 g/mol. The lowest BCUT2D eigenvalue weighted by molar-refractivity contribution is -0.385. The fourth-order valence-corrected chi connectivity index (χ4v) is 3.02. The lowest BCUT2D eigenvalue weighted by Crippen LogP contribution is -2.08. The molecule has 0 bridgehead atoms.